The van der Waals surface area contributed by atoms with Crippen LogP contribution in [-0.2, 0) is 0 Å². The van der Waals surface area contributed by atoms with E-state index in [0.717, 1.165) is 0 Å². The van der Waals surface area contributed by atoms with Gasteiger partial charge in [-0.05, 0) is 18.2 Å². The number of rotatable bonds is 2. The van der Waals surface area contributed by atoms with E-state index in [1.807, 2.05) is 0 Å². The van der Waals surface area contributed by atoms with Gasteiger partial charge in [0.05, 0.1) is 10.6 Å². The molecular formula is C8H7ClF5N3OS. The van der Waals surface area contributed by atoms with E-state index in [1.54, 1.807) is 5.32 Å². The van der Waals surface area contributed by atoms with Crippen LogP contribution in [0.4, 0.5) is 19.4 Å². The lowest BCUT2D eigenvalue weighted by atomic mass is 10.2. The van der Waals surface area contributed by atoms with Crippen LogP contribution in [0, 0.1) is 5.41 Å². The number of nitrogens with one attached hydrogen (secondary N) is 2. The molecule has 0 saturated carbocycles. The molecule has 1 rings (SSSR count). The minimum absolute atomic E-state index is 0.0435. The van der Waals surface area contributed by atoms with Crippen molar-refractivity contribution in [2.45, 2.75) is 4.90 Å². The molecule has 0 aliphatic heterocycles. The van der Waals surface area contributed by atoms with Gasteiger partial charge in [-0.25, -0.2) is 0 Å². The van der Waals surface area contributed by atoms with Crippen molar-refractivity contribution in [1.29, 1.82) is 5.41 Å². The predicted molar refractivity (Wildman–Crippen MR) is 62.2 cm³/mol. The summed E-state index contributed by atoms with van der Waals surface area (Å²) >= 11 is 5.35. The van der Waals surface area contributed by atoms with Crippen LogP contribution in [0.15, 0.2) is 23.1 Å². The molecule has 19 heavy (non-hydrogen) atoms. The highest BCUT2D eigenvalue weighted by Crippen LogP contribution is 3.02. The van der Waals surface area contributed by atoms with Crippen LogP contribution in [0.3, 0.4) is 0 Å². The van der Waals surface area contributed by atoms with Crippen LogP contribution in [0.2, 0.25) is 5.02 Å². The van der Waals surface area contributed by atoms with E-state index in [1.165, 1.54) is 0 Å². The molecule has 0 aliphatic rings. The monoisotopic (exact) mass is 323 g/mol. The summed E-state index contributed by atoms with van der Waals surface area (Å²) in [4.78, 5) is 9.12. The Kier molecular flexibility index (Phi) is 3.04. The first-order valence-electron chi connectivity index (χ1n) is 4.40. The number of amides is 1. The molecule has 11 heteroatoms. The quantitative estimate of drug-likeness (QED) is 0.441. The molecule has 1 aromatic carbocycles. The second-order valence-electron chi connectivity index (χ2n) is 3.48. The van der Waals surface area contributed by atoms with E-state index in [9.17, 15) is 24.2 Å². The molecule has 0 bridgehead atoms. The first-order valence-corrected chi connectivity index (χ1v) is 6.72. The summed E-state index contributed by atoms with van der Waals surface area (Å²) in [5.41, 5.74) is 4.32. The largest absolute Gasteiger partial charge is 0.370 e. The topological polar surface area (TPSA) is 79.0 Å². The second kappa shape index (κ2) is 3.73. The average molecular weight is 324 g/mol. The third kappa shape index (κ3) is 3.96. The van der Waals surface area contributed by atoms with Crippen molar-refractivity contribution in [1.82, 2.24) is 5.32 Å². The highest BCUT2D eigenvalue weighted by atomic mass is 35.5. The summed E-state index contributed by atoms with van der Waals surface area (Å²) in [6.07, 6.45) is 0. The number of carbonyl (C=O) groups is 1. The van der Waals surface area contributed by atoms with Gasteiger partial charge in [-0.3, -0.25) is 15.5 Å². The fourth-order valence-corrected chi connectivity index (χ4v) is 2.11. The first-order chi connectivity index (χ1) is 8.20. The molecular weight excluding hydrogens is 317 g/mol. The van der Waals surface area contributed by atoms with E-state index < -0.39 is 37.6 Å². The highest BCUT2D eigenvalue weighted by molar-refractivity contribution is 8.45. The number of nitrogens with two attached hydrogens (primary N) is 1. The molecule has 0 spiro atoms. The molecule has 1 amide bonds. The number of hydrogen-bond acceptors (Lipinski definition) is 2. The molecule has 1 aromatic rings. The van der Waals surface area contributed by atoms with E-state index in [0.29, 0.717) is 6.07 Å². The summed E-state index contributed by atoms with van der Waals surface area (Å²) in [5.74, 6) is -1.84. The third-order valence-electron chi connectivity index (χ3n) is 1.88. The van der Waals surface area contributed by atoms with Crippen LogP contribution in [-0.4, -0.2) is 11.9 Å². The van der Waals surface area contributed by atoms with E-state index in [2.05, 4.69) is 0 Å². The van der Waals surface area contributed by atoms with Crippen molar-refractivity contribution in [2.75, 3.05) is 0 Å². The maximum Gasteiger partial charge on any atom is 0.310 e. The van der Waals surface area contributed by atoms with Crippen LogP contribution in [0.5, 0.6) is 0 Å². The third-order valence-corrected chi connectivity index (χ3v) is 3.34. The number of carbonyl (C=O) groups excluding carboxylic acids is 1. The van der Waals surface area contributed by atoms with Gasteiger partial charge in [0.15, 0.2) is 5.96 Å². The molecule has 4 N–H and O–H groups in total. The Hall–Kier alpha value is -1.55. The lowest BCUT2D eigenvalue weighted by Crippen LogP contribution is -2.35. The summed E-state index contributed by atoms with van der Waals surface area (Å²) in [5, 5.41) is 7.68. The molecule has 0 aliphatic carbocycles. The van der Waals surface area contributed by atoms with Gasteiger partial charge in [0.2, 0.25) is 0 Å². The minimum atomic E-state index is -9.84. The molecule has 0 heterocycles. The van der Waals surface area contributed by atoms with Crippen molar-refractivity contribution in [3.05, 3.63) is 28.8 Å². The maximum atomic E-state index is 12.5. The molecule has 0 unspecified atom stereocenters. The Morgan fingerprint density at radius 2 is 1.79 bits per heavy atom. The highest BCUT2D eigenvalue weighted by Gasteiger charge is 2.65. The van der Waals surface area contributed by atoms with Crippen molar-refractivity contribution >= 4 is 33.7 Å². The Morgan fingerprint density at radius 3 is 2.16 bits per heavy atom. The van der Waals surface area contributed by atoms with Crippen molar-refractivity contribution in [2.24, 2.45) is 5.73 Å². The molecule has 4 nitrogen and oxygen atoms in total. The van der Waals surface area contributed by atoms with Gasteiger partial charge in [-0.2, -0.15) is 0 Å². The van der Waals surface area contributed by atoms with Gasteiger partial charge in [0, 0.05) is 0 Å². The van der Waals surface area contributed by atoms with Gasteiger partial charge >= 0.3 is 10.2 Å². The van der Waals surface area contributed by atoms with Crippen molar-refractivity contribution in [3.63, 3.8) is 0 Å². The normalized spacial score (nSPS) is 15.3. The lowest BCUT2D eigenvalue weighted by Gasteiger charge is -2.40. The molecule has 0 aromatic heterocycles. The number of guanidine groups is 1. The standard InChI is InChI=1S/C8H7ClF5N3OS/c9-6-3-4(19(10,11,12,13)14)1-2-5(6)7(18)17-8(15)16/h1-3H,(H4,15,16,17,18). The first kappa shape index (κ1) is 15.5. The molecule has 0 fully saturated rings. The van der Waals surface area contributed by atoms with Crippen LogP contribution in [0.1, 0.15) is 10.4 Å². The fourth-order valence-electron chi connectivity index (χ4n) is 1.11. The van der Waals surface area contributed by atoms with Gasteiger partial charge in [0.1, 0.15) is 4.90 Å². The summed E-state index contributed by atoms with van der Waals surface area (Å²) < 4.78 is 62.3. The zero-order valence-corrected chi connectivity index (χ0v) is 10.5. The lowest BCUT2D eigenvalue weighted by molar-refractivity contribution is 0.0976. The smallest absolute Gasteiger partial charge is 0.310 e. The van der Waals surface area contributed by atoms with E-state index in [4.69, 9.17) is 22.7 Å². The Morgan fingerprint density at radius 1 is 1.26 bits per heavy atom. The summed E-state index contributed by atoms with van der Waals surface area (Å²) in [6, 6.07) is 0.481. The van der Waals surface area contributed by atoms with Crippen LogP contribution in [0.25, 0.3) is 0 Å². The van der Waals surface area contributed by atoms with Crippen LogP contribution < -0.4 is 11.1 Å². The van der Waals surface area contributed by atoms with E-state index >= 15 is 0 Å². The average Bonchev–Trinajstić information content (AvgIpc) is 2.12. The molecule has 0 atom stereocenters. The second-order valence-corrected chi connectivity index (χ2v) is 6.29. The van der Waals surface area contributed by atoms with Gasteiger partial charge in [-0.15, -0.1) is 0 Å². The number of halogens is 6. The Labute approximate surface area is 109 Å². The zero-order chi connectivity index (χ0) is 15.1. The predicted octanol–water partition coefficient (Wildman–Crippen LogP) is 3.62. The van der Waals surface area contributed by atoms with Crippen molar-refractivity contribution < 1.29 is 24.2 Å². The molecule has 0 radical (unpaired) electrons. The SMILES string of the molecule is N=C(N)NC(=O)c1ccc(S(F)(F)(F)(F)F)cc1Cl. The Bertz CT molecular complexity index is 573. The number of hydrogen-bond donors (Lipinski definition) is 3. The van der Waals surface area contributed by atoms with Gasteiger partial charge < -0.3 is 5.73 Å². The van der Waals surface area contributed by atoms with E-state index in [-0.39, 0.29) is 12.1 Å². The number of benzene rings is 1. The summed E-state index contributed by atoms with van der Waals surface area (Å²) in [7, 11) is -9.84. The van der Waals surface area contributed by atoms with Gasteiger partial charge in [0.25, 0.3) is 5.91 Å². The molecule has 108 valence electrons. The van der Waals surface area contributed by atoms with Crippen molar-refractivity contribution in [3.8, 4) is 0 Å². The fraction of sp³-hybridized carbons (Fsp3) is 0. The molecule has 0 saturated heterocycles. The van der Waals surface area contributed by atoms with Crippen LogP contribution >= 0.6 is 21.8 Å². The Balaban J connectivity index is 3.28. The minimum Gasteiger partial charge on any atom is -0.370 e. The maximum absolute atomic E-state index is 12.5. The van der Waals surface area contributed by atoms with Gasteiger partial charge in [-0.1, -0.05) is 31.0 Å². The zero-order valence-electron chi connectivity index (χ0n) is 8.89. The summed E-state index contributed by atoms with van der Waals surface area (Å²) in [6.45, 7) is 0.